The van der Waals surface area contributed by atoms with Crippen LogP contribution in [0.5, 0.6) is 0 Å². The molecule has 10 heavy (non-hydrogen) atoms. The van der Waals surface area contributed by atoms with E-state index in [0.29, 0.717) is 6.61 Å². The topological polar surface area (TPSA) is 30.5 Å². The van der Waals surface area contributed by atoms with Gasteiger partial charge >= 0.3 is 0 Å². The Hall–Kier alpha value is -0.120. The maximum atomic E-state index is 5.23. The van der Waals surface area contributed by atoms with Crippen molar-refractivity contribution in [3.05, 3.63) is 0 Å². The van der Waals surface area contributed by atoms with Crippen molar-refractivity contribution in [1.82, 2.24) is 5.32 Å². The molecule has 1 unspecified atom stereocenters. The molecule has 0 aliphatic heterocycles. The molecule has 1 N–H and O–H groups in total. The van der Waals surface area contributed by atoms with Gasteiger partial charge < -0.3 is 14.8 Å². The van der Waals surface area contributed by atoms with Gasteiger partial charge in [0.05, 0.1) is 6.61 Å². The lowest BCUT2D eigenvalue weighted by atomic mass is 10.1. The van der Waals surface area contributed by atoms with Crippen LogP contribution in [0.4, 0.5) is 0 Å². The van der Waals surface area contributed by atoms with Gasteiger partial charge in [0, 0.05) is 20.8 Å². The third-order valence-corrected chi connectivity index (χ3v) is 1.49. The number of nitrogens with one attached hydrogen (secondary N) is 1. The summed E-state index contributed by atoms with van der Waals surface area (Å²) >= 11 is 0. The van der Waals surface area contributed by atoms with E-state index in [1.165, 1.54) is 0 Å². The van der Waals surface area contributed by atoms with Crippen LogP contribution < -0.4 is 5.32 Å². The first-order chi connectivity index (χ1) is 4.68. The van der Waals surface area contributed by atoms with Gasteiger partial charge in [-0.1, -0.05) is 0 Å². The summed E-state index contributed by atoms with van der Waals surface area (Å²) in [5, 5.41) is 3.04. The van der Waals surface area contributed by atoms with Crippen LogP contribution in [0.1, 0.15) is 6.92 Å². The van der Waals surface area contributed by atoms with Crippen molar-refractivity contribution >= 4 is 0 Å². The zero-order chi connectivity index (χ0) is 8.04. The smallest absolute Gasteiger partial charge is 0.101 e. The molecule has 0 saturated heterocycles. The Morgan fingerprint density at radius 2 is 2.00 bits per heavy atom. The Bertz CT molecular complexity index is 79.7. The van der Waals surface area contributed by atoms with Crippen molar-refractivity contribution in [1.29, 1.82) is 0 Å². The minimum atomic E-state index is -0.191. The van der Waals surface area contributed by atoms with E-state index in [-0.39, 0.29) is 5.60 Å². The summed E-state index contributed by atoms with van der Waals surface area (Å²) in [4.78, 5) is 0. The summed E-state index contributed by atoms with van der Waals surface area (Å²) in [5.41, 5.74) is -0.191. The van der Waals surface area contributed by atoms with Crippen molar-refractivity contribution in [2.24, 2.45) is 0 Å². The van der Waals surface area contributed by atoms with Crippen molar-refractivity contribution in [2.75, 3.05) is 34.4 Å². The molecule has 3 nitrogen and oxygen atoms in total. The largest absolute Gasteiger partial charge is 0.382 e. The normalized spacial score (nSPS) is 16.8. The van der Waals surface area contributed by atoms with Gasteiger partial charge in [-0.3, -0.25) is 0 Å². The Balaban J connectivity index is 3.69. The Labute approximate surface area is 62.7 Å². The maximum absolute atomic E-state index is 5.23. The molecule has 0 aromatic heterocycles. The zero-order valence-corrected chi connectivity index (χ0v) is 7.23. The molecule has 0 amide bonds. The molecule has 3 heteroatoms. The van der Waals surface area contributed by atoms with Crippen molar-refractivity contribution in [2.45, 2.75) is 12.5 Å². The van der Waals surface area contributed by atoms with Gasteiger partial charge in [-0.25, -0.2) is 0 Å². The molecule has 0 bridgehead atoms. The number of ether oxygens (including phenoxy) is 2. The first kappa shape index (κ1) is 9.88. The van der Waals surface area contributed by atoms with E-state index in [1.807, 2.05) is 14.0 Å². The second kappa shape index (κ2) is 4.66. The Morgan fingerprint density at radius 1 is 1.40 bits per heavy atom. The second-order valence-corrected chi connectivity index (χ2v) is 2.62. The first-order valence-electron chi connectivity index (χ1n) is 3.37. The van der Waals surface area contributed by atoms with Crippen LogP contribution in [0, 0.1) is 0 Å². The summed E-state index contributed by atoms with van der Waals surface area (Å²) < 4.78 is 10.2. The van der Waals surface area contributed by atoms with Crippen LogP contribution in [0.25, 0.3) is 0 Å². The first-order valence-corrected chi connectivity index (χ1v) is 3.37. The molecule has 0 radical (unpaired) electrons. The van der Waals surface area contributed by atoms with E-state index in [2.05, 4.69) is 5.32 Å². The maximum Gasteiger partial charge on any atom is 0.101 e. The number of methoxy groups -OCH3 is 2. The van der Waals surface area contributed by atoms with E-state index < -0.39 is 0 Å². The van der Waals surface area contributed by atoms with Crippen molar-refractivity contribution < 1.29 is 9.47 Å². The van der Waals surface area contributed by atoms with E-state index in [1.54, 1.807) is 14.2 Å². The number of hydrogen-bond donors (Lipinski definition) is 1. The second-order valence-electron chi connectivity index (χ2n) is 2.62. The van der Waals surface area contributed by atoms with Crippen LogP contribution >= 0.6 is 0 Å². The fraction of sp³-hybridized carbons (Fsp3) is 1.00. The third kappa shape index (κ3) is 3.15. The van der Waals surface area contributed by atoms with Crippen molar-refractivity contribution in [3.8, 4) is 0 Å². The quantitative estimate of drug-likeness (QED) is 0.605. The number of hydrogen-bond acceptors (Lipinski definition) is 3. The lowest BCUT2D eigenvalue weighted by Gasteiger charge is -2.26. The minimum Gasteiger partial charge on any atom is -0.382 e. The molecule has 1 atom stereocenters. The van der Waals surface area contributed by atoms with Crippen LogP contribution in [-0.4, -0.2) is 40.0 Å². The van der Waals surface area contributed by atoms with Crippen LogP contribution in [0.2, 0.25) is 0 Å². The van der Waals surface area contributed by atoms with Gasteiger partial charge in [-0.15, -0.1) is 0 Å². The van der Waals surface area contributed by atoms with Gasteiger partial charge in [-0.2, -0.15) is 0 Å². The molecule has 0 rings (SSSR count). The van der Waals surface area contributed by atoms with Gasteiger partial charge in [0.2, 0.25) is 0 Å². The Kier molecular flexibility index (Phi) is 4.60. The van der Waals surface area contributed by atoms with Crippen LogP contribution in [0.15, 0.2) is 0 Å². The highest BCUT2D eigenvalue weighted by Crippen LogP contribution is 2.06. The average molecular weight is 147 g/mol. The molecule has 0 saturated carbocycles. The van der Waals surface area contributed by atoms with Gasteiger partial charge in [-0.05, 0) is 14.0 Å². The molecule has 0 aliphatic rings. The Morgan fingerprint density at radius 3 is 2.30 bits per heavy atom. The highest BCUT2D eigenvalue weighted by Gasteiger charge is 2.21. The molecule has 0 aliphatic carbocycles. The zero-order valence-electron chi connectivity index (χ0n) is 7.23. The monoisotopic (exact) mass is 147 g/mol. The predicted octanol–water partition coefficient (Wildman–Crippen LogP) is 0.257. The number of rotatable bonds is 5. The molecule has 0 fully saturated rings. The fourth-order valence-corrected chi connectivity index (χ4v) is 0.861. The summed E-state index contributed by atoms with van der Waals surface area (Å²) in [6.45, 7) is 3.43. The molecule has 0 heterocycles. The average Bonchev–Trinajstić information content (AvgIpc) is 1.89. The molecule has 0 aromatic rings. The van der Waals surface area contributed by atoms with Crippen molar-refractivity contribution in [3.63, 3.8) is 0 Å². The summed E-state index contributed by atoms with van der Waals surface area (Å²) in [5.74, 6) is 0. The highest BCUT2D eigenvalue weighted by molar-refractivity contribution is 4.75. The lowest BCUT2D eigenvalue weighted by Crippen LogP contribution is -2.42. The number of likely N-dealkylation sites (N-methyl/N-ethyl adjacent to an activating group) is 1. The molecule has 0 aromatic carbocycles. The fourth-order valence-electron chi connectivity index (χ4n) is 0.861. The van der Waals surface area contributed by atoms with E-state index >= 15 is 0 Å². The van der Waals surface area contributed by atoms with Crippen LogP contribution in [-0.2, 0) is 9.47 Å². The highest BCUT2D eigenvalue weighted by atomic mass is 16.5. The summed E-state index contributed by atoms with van der Waals surface area (Å²) in [6, 6.07) is 0. The van der Waals surface area contributed by atoms with E-state index in [0.717, 1.165) is 6.54 Å². The van der Waals surface area contributed by atoms with Gasteiger partial charge in [0.1, 0.15) is 5.60 Å². The predicted molar refractivity (Wildman–Crippen MR) is 41.2 cm³/mol. The van der Waals surface area contributed by atoms with E-state index in [9.17, 15) is 0 Å². The summed E-state index contributed by atoms with van der Waals surface area (Å²) in [7, 11) is 5.26. The van der Waals surface area contributed by atoms with Gasteiger partial charge in [0.25, 0.3) is 0 Å². The summed E-state index contributed by atoms with van der Waals surface area (Å²) in [6.07, 6.45) is 0. The van der Waals surface area contributed by atoms with Gasteiger partial charge in [0.15, 0.2) is 0 Å². The molecular formula is C7H17NO2. The molecular weight excluding hydrogens is 130 g/mol. The standard InChI is InChI=1S/C7H17NO2/c1-7(10-4,5-8-2)6-9-3/h8H,5-6H2,1-4H3. The lowest BCUT2D eigenvalue weighted by molar-refractivity contribution is -0.0480. The van der Waals surface area contributed by atoms with E-state index in [4.69, 9.17) is 9.47 Å². The third-order valence-electron chi connectivity index (χ3n) is 1.49. The van der Waals surface area contributed by atoms with Crippen LogP contribution in [0.3, 0.4) is 0 Å². The molecule has 62 valence electrons. The molecule has 0 spiro atoms. The SMILES string of the molecule is CNCC(C)(COC)OC. The minimum absolute atomic E-state index is 0.191.